The Morgan fingerprint density at radius 3 is 2.52 bits per heavy atom. The van der Waals surface area contributed by atoms with Crippen molar-refractivity contribution >= 4 is 17.3 Å². The Kier molecular flexibility index (Phi) is 4.50. The van der Waals surface area contributed by atoms with Gasteiger partial charge in [-0.1, -0.05) is 13.3 Å². The number of aromatic amines is 1. The van der Waals surface area contributed by atoms with Gasteiger partial charge in [-0.25, -0.2) is 4.79 Å². The van der Waals surface area contributed by atoms with E-state index in [2.05, 4.69) is 11.9 Å². The van der Waals surface area contributed by atoms with Crippen molar-refractivity contribution in [1.29, 1.82) is 0 Å². The van der Waals surface area contributed by atoms with Gasteiger partial charge in [-0.3, -0.25) is 19.1 Å². The fourth-order valence-corrected chi connectivity index (χ4v) is 2.72. The molecule has 0 radical (unpaired) electrons. The van der Waals surface area contributed by atoms with E-state index in [4.69, 9.17) is 0 Å². The third-order valence-corrected chi connectivity index (χ3v) is 3.62. The fraction of sp³-hybridized carbons (Fsp3) is 0.643. The molecule has 1 aliphatic rings. The average Bonchev–Trinajstić information content (AvgIpc) is 2.75. The van der Waals surface area contributed by atoms with Crippen LogP contribution in [-0.4, -0.2) is 35.1 Å². The maximum atomic E-state index is 12.2. The van der Waals surface area contributed by atoms with E-state index in [-0.39, 0.29) is 12.3 Å². The highest BCUT2D eigenvalue weighted by Crippen LogP contribution is 2.31. The number of fused-ring (bicyclic) bond motifs is 1. The van der Waals surface area contributed by atoms with E-state index >= 15 is 0 Å². The number of unbranched alkanes of at least 4 members (excludes halogenated alkanes) is 1. The van der Waals surface area contributed by atoms with Crippen molar-refractivity contribution in [2.24, 2.45) is 0 Å². The van der Waals surface area contributed by atoms with E-state index in [1.807, 2.05) is 11.8 Å². The third kappa shape index (κ3) is 2.86. The maximum Gasteiger partial charge on any atom is 0.330 e. The van der Waals surface area contributed by atoms with Gasteiger partial charge in [0.25, 0.3) is 5.56 Å². The second kappa shape index (κ2) is 6.15. The number of H-pyrrole nitrogens is 1. The van der Waals surface area contributed by atoms with Gasteiger partial charge in [0, 0.05) is 13.1 Å². The highest BCUT2D eigenvalue weighted by molar-refractivity contribution is 5.84. The predicted molar refractivity (Wildman–Crippen MR) is 82.1 cm³/mol. The molecule has 0 spiro atoms. The van der Waals surface area contributed by atoms with Crippen LogP contribution in [0.1, 0.15) is 33.6 Å². The number of ketones is 1. The van der Waals surface area contributed by atoms with Gasteiger partial charge < -0.3 is 9.80 Å². The van der Waals surface area contributed by atoms with Crippen molar-refractivity contribution in [3.63, 3.8) is 0 Å². The zero-order valence-electron chi connectivity index (χ0n) is 12.8. The molecule has 0 bridgehead atoms. The summed E-state index contributed by atoms with van der Waals surface area (Å²) in [5, 5.41) is 0. The standard InChI is InChI=1S/C14H22N4O3/c1-4-6-7-16-9-17(8-10(3)19)11-12(20)15-14(21)18(5-2)13(11)16/h4-9H2,1-3H3,(H,15,20,21). The van der Waals surface area contributed by atoms with Gasteiger partial charge in [-0.05, 0) is 20.3 Å². The molecule has 0 aromatic carbocycles. The molecule has 1 aliphatic heterocycles. The maximum absolute atomic E-state index is 12.2. The lowest BCUT2D eigenvalue weighted by Crippen LogP contribution is -2.35. The number of hydrogen-bond donors (Lipinski definition) is 1. The van der Waals surface area contributed by atoms with E-state index in [0.29, 0.717) is 24.7 Å². The number of anilines is 2. The molecule has 0 amide bonds. The van der Waals surface area contributed by atoms with Crippen LogP contribution in [0.2, 0.25) is 0 Å². The summed E-state index contributed by atoms with van der Waals surface area (Å²) in [5.74, 6) is 0.632. The second-order valence-electron chi connectivity index (χ2n) is 5.33. The summed E-state index contributed by atoms with van der Waals surface area (Å²) in [5.41, 5.74) is -0.380. The topological polar surface area (TPSA) is 78.4 Å². The van der Waals surface area contributed by atoms with Crippen molar-refractivity contribution in [3.05, 3.63) is 20.8 Å². The average molecular weight is 294 g/mol. The Bertz CT molecular complexity index is 647. The van der Waals surface area contributed by atoms with Crippen molar-refractivity contribution in [2.45, 2.75) is 40.2 Å². The zero-order chi connectivity index (χ0) is 15.6. The molecule has 1 aromatic heterocycles. The highest BCUT2D eigenvalue weighted by atomic mass is 16.2. The van der Waals surface area contributed by atoms with Crippen molar-refractivity contribution in [1.82, 2.24) is 9.55 Å². The lowest BCUT2D eigenvalue weighted by atomic mass is 10.3. The minimum Gasteiger partial charge on any atom is -0.339 e. The van der Waals surface area contributed by atoms with Crippen LogP contribution in [0.5, 0.6) is 0 Å². The first kappa shape index (κ1) is 15.3. The number of nitrogens with zero attached hydrogens (tertiary/aromatic N) is 3. The first-order valence-corrected chi connectivity index (χ1v) is 7.36. The summed E-state index contributed by atoms with van der Waals surface area (Å²) in [6.07, 6.45) is 2.00. The molecule has 2 heterocycles. The van der Waals surface area contributed by atoms with Crippen LogP contribution < -0.4 is 21.0 Å². The largest absolute Gasteiger partial charge is 0.339 e. The van der Waals surface area contributed by atoms with Gasteiger partial charge in [-0.15, -0.1) is 0 Å². The Morgan fingerprint density at radius 1 is 1.24 bits per heavy atom. The number of rotatable bonds is 6. The molecule has 116 valence electrons. The molecule has 0 saturated carbocycles. The number of nitrogens with one attached hydrogen (secondary N) is 1. The first-order valence-electron chi connectivity index (χ1n) is 7.36. The molecule has 7 heteroatoms. The van der Waals surface area contributed by atoms with Gasteiger partial charge in [0.2, 0.25) is 0 Å². The Labute approximate surface area is 123 Å². The summed E-state index contributed by atoms with van der Waals surface area (Å²) < 4.78 is 1.56. The van der Waals surface area contributed by atoms with Gasteiger partial charge >= 0.3 is 5.69 Å². The van der Waals surface area contributed by atoms with Crippen LogP contribution in [0.15, 0.2) is 9.59 Å². The molecule has 1 N–H and O–H groups in total. The van der Waals surface area contributed by atoms with Crippen molar-refractivity contribution in [2.75, 3.05) is 29.6 Å². The van der Waals surface area contributed by atoms with E-state index in [1.54, 1.807) is 9.47 Å². The van der Waals surface area contributed by atoms with Crippen LogP contribution in [-0.2, 0) is 11.3 Å². The summed E-state index contributed by atoms with van der Waals surface area (Å²) >= 11 is 0. The van der Waals surface area contributed by atoms with E-state index in [1.165, 1.54) is 6.92 Å². The van der Waals surface area contributed by atoms with Gasteiger partial charge in [0.15, 0.2) is 0 Å². The fourth-order valence-electron chi connectivity index (χ4n) is 2.72. The number of aromatic nitrogens is 2. The van der Waals surface area contributed by atoms with Crippen LogP contribution in [0.3, 0.4) is 0 Å². The number of carbonyl (C=O) groups excluding carboxylic acids is 1. The molecule has 7 nitrogen and oxygen atoms in total. The molecule has 21 heavy (non-hydrogen) atoms. The van der Waals surface area contributed by atoms with Crippen molar-refractivity contribution in [3.8, 4) is 0 Å². The normalized spacial score (nSPS) is 13.7. The van der Waals surface area contributed by atoms with Crippen LogP contribution in [0.4, 0.5) is 11.5 Å². The Hall–Kier alpha value is -2.05. The van der Waals surface area contributed by atoms with E-state index in [0.717, 1.165) is 19.4 Å². The molecular formula is C14H22N4O3. The molecule has 2 rings (SSSR count). The zero-order valence-corrected chi connectivity index (χ0v) is 12.8. The minimum absolute atomic E-state index is 0.00746. The quantitative estimate of drug-likeness (QED) is 0.828. The highest BCUT2D eigenvalue weighted by Gasteiger charge is 2.32. The van der Waals surface area contributed by atoms with Crippen molar-refractivity contribution < 1.29 is 4.79 Å². The summed E-state index contributed by atoms with van der Waals surface area (Å²) in [7, 11) is 0. The summed E-state index contributed by atoms with van der Waals surface area (Å²) in [6.45, 7) is 7.36. The minimum atomic E-state index is -0.417. The lowest BCUT2D eigenvalue weighted by molar-refractivity contribution is -0.115. The predicted octanol–water partition coefficient (Wildman–Crippen LogP) is 0.529. The molecular weight excluding hydrogens is 272 g/mol. The number of hydrogen-bond acceptors (Lipinski definition) is 5. The molecule has 0 aliphatic carbocycles. The van der Waals surface area contributed by atoms with Crippen LogP contribution in [0, 0.1) is 0 Å². The van der Waals surface area contributed by atoms with Gasteiger partial charge in [0.05, 0.1) is 13.2 Å². The second-order valence-corrected chi connectivity index (χ2v) is 5.33. The SMILES string of the molecule is CCCCN1CN(CC(C)=O)c2c1n(CC)c(=O)[nH]c2=O. The number of carbonyl (C=O) groups is 1. The Morgan fingerprint density at radius 2 is 1.95 bits per heavy atom. The summed E-state index contributed by atoms with van der Waals surface area (Å²) in [6, 6.07) is 0. The number of Topliss-reactive ketones (excluding diaryl/α,β-unsaturated/α-hetero) is 1. The molecule has 1 aromatic rings. The molecule has 0 atom stereocenters. The molecule has 0 fully saturated rings. The lowest BCUT2D eigenvalue weighted by Gasteiger charge is -2.21. The monoisotopic (exact) mass is 294 g/mol. The molecule has 0 unspecified atom stereocenters. The van der Waals surface area contributed by atoms with Crippen LogP contribution in [0.25, 0.3) is 0 Å². The van der Waals surface area contributed by atoms with E-state index in [9.17, 15) is 14.4 Å². The molecule has 0 saturated heterocycles. The van der Waals surface area contributed by atoms with Crippen LogP contribution >= 0.6 is 0 Å². The van der Waals surface area contributed by atoms with E-state index < -0.39 is 11.2 Å². The third-order valence-electron chi connectivity index (χ3n) is 3.62. The van der Waals surface area contributed by atoms with Gasteiger partial charge in [-0.2, -0.15) is 0 Å². The Balaban J connectivity index is 2.55. The first-order chi connectivity index (χ1) is 9.99. The smallest absolute Gasteiger partial charge is 0.330 e. The van der Waals surface area contributed by atoms with Gasteiger partial charge in [0.1, 0.15) is 17.3 Å². The summed E-state index contributed by atoms with van der Waals surface area (Å²) in [4.78, 5) is 41.7.